The molecule has 0 radical (unpaired) electrons. The molecule has 1 spiro atoms. The summed E-state index contributed by atoms with van der Waals surface area (Å²) in [6, 6.07) is 28.7. The van der Waals surface area contributed by atoms with E-state index in [4.69, 9.17) is 9.47 Å². The third-order valence-corrected chi connectivity index (χ3v) is 18.0. The first kappa shape index (κ1) is 51.9. The van der Waals surface area contributed by atoms with Crippen LogP contribution in [-0.4, -0.2) is 102 Å². The molecule has 1 amide bonds. The number of H-pyrrole nitrogens is 1. The molecule has 4 fully saturated rings. The highest BCUT2D eigenvalue weighted by molar-refractivity contribution is 7.90. The molecule has 0 bridgehead atoms. The van der Waals surface area contributed by atoms with E-state index in [9.17, 15) is 28.4 Å². The van der Waals surface area contributed by atoms with Gasteiger partial charge in [-0.2, -0.15) is 0 Å². The number of anilines is 2. The molecule has 1 atom stereocenters. The fourth-order valence-corrected chi connectivity index (χ4v) is 13.2. The lowest BCUT2D eigenvalue weighted by Crippen LogP contribution is -2.60. The smallest absolute Gasteiger partial charge is 0.293 e. The molecular formula is C58H70N8O8S. The second-order valence-corrected chi connectivity index (χ2v) is 23.9. The minimum atomic E-state index is -4.59. The summed E-state index contributed by atoms with van der Waals surface area (Å²) in [5.74, 6) is 1.08. The summed E-state index contributed by atoms with van der Waals surface area (Å²) < 4.78 is 41.8. The number of ether oxygens (including phenoxy) is 2. The predicted molar refractivity (Wildman–Crippen MR) is 291 cm³/mol. The van der Waals surface area contributed by atoms with Crippen molar-refractivity contribution in [1.82, 2.24) is 24.5 Å². The number of piperidine rings is 1. The maximum atomic E-state index is 14.1. The zero-order valence-corrected chi connectivity index (χ0v) is 44.5. The number of nitro groups is 1. The van der Waals surface area contributed by atoms with Gasteiger partial charge in [0.2, 0.25) is 0 Å². The number of benzene rings is 4. The zero-order valence-electron chi connectivity index (χ0n) is 43.7. The van der Waals surface area contributed by atoms with Crippen molar-refractivity contribution in [2.75, 3.05) is 56.6 Å². The molecule has 6 aromatic rings. The Morgan fingerprint density at radius 1 is 0.947 bits per heavy atom. The molecule has 10 rings (SSSR count). The van der Waals surface area contributed by atoms with E-state index in [1.165, 1.54) is 28.8 Å². The third-order valence-electron chi connectivity index (χ3n) is 16.6. The highest BCUT2D eigenvalue weighted by Gasteiger charge is 2.50. The van der Waals surface area contributed by atoms with Gasteiger partial charge in [-0.1, -0.05) is 50.2 Å². The number of carbonyl (C=O) groups is 1. The SMILES string of the molecule is COc1ccc(CN2CCN(C3CC4(CCN(c5ccc(C(=O)NS(=O)(=O)c6ccc(NCC7CCC(C)(O)CC7)c([N+](=O)[O-])c6)c(Oc6cnc7[nH]ccc7c6)c5)CC4)C3)C(c3ccccc3C(C)C)C2)cc1C. The summed E-state index contributed by atoms with van der Waals surface area (Å²) in [4.78, 5) is 40.6. The van der Waals surface area contributed by atoms with Crippen LogP contribution in [0.15, 0.2) is 108 Å². The molecule has 2 saturated heterocycles. The van der Waals surface area contributed by atoms with E-state index in [1.54, 1.807) is 37.7 Å². The van der Waals surface area contributed by atoms with Gasteiger partial charge in [0.1, 0.15) is 28.6 Å². The summed E-state index contributed by atoms with van der Waals surface area (Å²) in [6.45, 7) is 14.4. The second-order valence-electron chi connectivity index (χ2n) is 22.2. The van der Waals surface area contributed by atoms with E-state index in [-0.39, 0.29) is 34.4 Å². The van der Waals surface area contributed by atoms with Gasteiger partial charge in [0.05, 0.1) is 34.3 Å². The van der Waals surface area contributed by atoms with Gasteiger partial charge >= 0.3 is 0 Å². The van der Waals surface area contributed by atoms with Crippen LogP contribution in [0, 0.1) is 28.4 Å². The van der Waals surface area contributed by atoms with Crippen molar-refractivity contribution < 1.29 is 32.7 Å². The summed E-state index contributed by atoms with van der Waals surface area (Å²) in [6.07, 6.45) is 10.4. The number of methoxy groups -OCH3 is 1. The molecular weight excluding hydrogens is 969 g/mol. The number of aliphatic hydroxyl groups is 1. The van der Waals surface area contributed by atoms with Crippen LogP contribution < -0.4 is 24.4 Å². The van der Waals surface area contributed by atoms with E-state index in [0.29, 0.717) is 42.7 Å². The van der Waals surface area contributed by atoms with Crippen LogP contribution in [0.1, 0.15) is 117 Å². The van der Waals surface area contributed by atoms with Crippen LogP contribution in [-0.2, 0) is 16.6 Å². The first-order chi connectivity index (χ1) is 35.9. The molecule has 2 saturated carbocycles. The van der Waals surface area contributed by atoms with Crippen LogP contribution in [0.5, 0.6) is 17.2 Å². The number of pyridine rings is 1. The maximum absolute atomic E-state index is 14.1. The van der Waals surface area contributed by atoms with Crippen molar-refractivity contribution >= 4 is 44.0 Å². The first-order valence-electron chi connectivity index (χ1n) is 26.5. The Morgan fingerprint density at radius 3 is 2.45 bits per heavy atom. The van der Waals surface area contributed by atoms with Crippen molar-refractivity contribution in [3.05, 3.63) is 141 Å². The number of amides is 1. The van der Waals surface area contributed by atoms with Crippen LogP contribution in [0.2, 0.25) is 0 Å². The Balaban J connectivity index is 0.831. The molecule has 4 heterocycles. The van der Waals surface area contributed by atoms with Crippen LogP contribution >= 0.6 is 0 Å². The van der Waals surface area contributed by atoms with Gasteiger partial charge in [0.15, 0.2) is 0 Å². The molecule has 396 valence electrons. The molecule has 17 heteroatoms. The van der Waals surface area contributed by atoms with Gasteiger partial charge in [-0.25, -0.2) is 18.1 Å². The van der Waals surface area contributed by atoms with Gasteiger partial charge in [0.25, 0.3) is 21.6 Å². The number of aryl methyl sites for hydroxylation is 1. The van der Waals surface area contributed by atoms with E-state index >= 15 is 0 Å². The number of fused-ring (bicyclic) bond motifs is 1. The van der Waals surface area contributed by atoms with Gasteiger partial charge in [-0.3, -0.25) is 24.7 Å². The van der Waals surface area contributed by atoms with Crippen LogP contribution in [0.25, 0.3) is 11.0 Å². The number of hydrogen-bond donors (Lipinski definition) is 4. The number of rotatable bonds is 16. The van der Waals surface area contributed by atoms with Crippen molar-refractivity contribution in [2.24, 2.45) is 11.3 Å². The Morgan fingerprint density at radius 2 is 1.72 bits per heavy atom. The molecule has 1 unspecified atom stereocenters. The normalized spacial score (nSPS) is 21.5. The number of hydrogen-bond acceptors (Lipinski definition) is 13. The number of aromatic nitrogens is 2. The number of aromatic amines is 1. The average molecular weight is 1040 g/mol. The quantitative estimate of drug-likeness (QED) is 0.0529. The Labute approximate surface area is 440 Å². The number of sulfonamides is 1. The lowest BCUT2D eigenvalue weighted by molar-refractivity contribution is -0.384. The number of nitrogens with one attached hydrogen (secondary N) is 3. The van der Waals surface area contributed by atoms with Crippen LogP contribution in [0.4, 0.5) is 17.1 Å². The van der Waals surface area contributed by atoms with Crippen LogP contribution in [0.3, 0.4) is 0 Å². The van der Waals surface area contributed by atoms with Crippen molar-refractivity contribution in [3.8, 4) is 17.2 Å². The summed E-state index contributed by atoms with van der Waals surface area (Å²) in [5.41, 5.74) is 6.04. The van der Waals surface area contributed by atoms with Crippen molar-refractivity contribution in [1.29, 1.82) is 0 Å². The van der Waals surface area contributed by atoms with Gasteiger partial charge in [0, 0.05) is 87.3 Å². The lowest BCUT2D eigenvalue weighted by Gasteiger charge is -2.58. The van der Waals surface area contributed by atoms with Crippen molar-refractivity contribution in [3.63, 3.8) is 0 Å². The highest BCUT2D eigenvalue weighted by Crippen LogP contribution is 2.53. The largest absolute Gasteiger partial charge is 0.496 e. The predicted octanol–water partition coefficient (Wildman–Crippen LogP) is 10.5. The molecule has 2 aromatic heterocycles. The molecule has 75 heavy (non-hydrogen) atoms. The Hall–Kier alpha value is -6.53. The van der Waals surface area contributed by atoms with E-state index in [2.05, 4.69) is 97.9 Å². The van der Waals surface area contributed by atoms with E-state index in [1.807, 2.05) is 19.1 Å². The summed E-state index contributed by atoms with van der Waals surface area (Å²) in [7, 11) is -2.87. The molecule has 2 aliphatic carbocycles. The third kappa shape index (κ3) is 11.4. The summed E-state index contributed by atoms with van der Waals surface area (Å²) >= 11 is 0. The van der Waals surface area contributed by atoms with Gasteiger partial charge < -0.3 is 29.8 Å². The Kier molecular flexibility index (Phi) is 14.7. The first-order valence-corrected chi connectivity index (χ1v) is 28.0. The molecule has 4 aromatic carbocycles. The fourth-order valence-electron chi connectivity index (χ4n) is 12.2. The van der Waals surface area contributed by atoms with Crippen molar-refractivity contribution in [2.45, 2.75) is 114 Å². The van der Waals surface area contributed by atoms with E-state index < -0.39 is 37.0 Å². The molecule has 4 aliphatic rings. The second kappa shape index (κ2) is 21.2. The Bertz CT molecular complexity index is 3170. The highest BCUT2D eigenvalue weighted by atomic mass is 32.2. The average Bonchev–Trinajstić information content (AvgIpc) is 3.86. The van der Waals surface area contributed by atoms with Gasteiger partial charge in [-0.15, -0.1) is 0 Å². The summed E-state index contributed by atoms with van der Waals surface area (Å²) in [5, 5.41) is 26.5. The number of nitro benzene ring substituents is 1. The number of piperazine rings is 1. The van der Waals surface area contributed by atoms with E-state index in [0.717, 1.165) is 106 Å². The zero-order chi connectivity index (χ0) is 52.6. The lowest BCUT2D eigenvalue weighted by atomic mass is 9.59. The maximum Gasteiger partial charge on any atom is 0.293 e. The standard InChI is InChI=1S/C58H70N8O8S/c1-38(2)47-8-6-7-9-48(47)52-37-63(36-41-10-15-53(73-5)39(3)28-41)26-27-65(52)44-32-58(33-44)21-24-64(25-22-58)43-11-13-49(54(30-43)74-45-29-42-18-23-59-55(42)61-35-45)56(67)62-75(71,72)46-12-14-50(51(31-46)66(69)70)60-34-40-16-19-57(4,68)20-17-40/h6-15,18,23,28-31,35,38,40,44,52,60,68H,16-17,19-22,24-27,32-34,36-37H2,1-5H3,(H,59,61)(H,62,67). The van der Waals surface area contributed by atoms with Gasteiger partial charge in [-0.05, 0) is 147 Å². The fraction of sp³-hybridized carbons (Fsp3) is 0.448. The molecule has 4 N–H and O–H groups in total. The minimum Gasteiger partial charge on any atom is -0.496 e. The monoisotopic (exact) mass is 1040 g/mol. The minimum absolute atomic E-state index is 0.0288. The molecule has 2 aliphatic heterocycles. The molecule has 16 nitrogen and oxygen atoms in total. The number of nitrogens with zero attached hydrogens (tertiary/aromatic N) is 5. The topological polar surface area (TPSA) is 195 Å². The number of carbonyl (C=O) groups excluding carboxylic acids is 1.